The number of aromatic nitrogens is 1. The van der Waals surface area contributed by atoms with E-state index in [1.54, 1.807) is 12.5 Å². The first-order chi connectivity index (χ1) is 9.10. The molecule has 0 bridgehead atoms. The van der Waals surface area contributed by atoms with Crippen LogP contribution in [0.3, 0.4) is 0 Å². The summed E-state index contributed by atoms with van der Waals surface area (Å²) in [6.45, 7) is 0.454. The Labute approximate surface area is 122 Å². The summed E-state index contributed by atoms with van der Waals surface area (Å²) >= 11 is 4.55. The molecule has 0 radical (unpaired) electrons. The second-order valence-electron chi connectivity index (χ2n) is 3.65. The average Bonchev–Trinajstić information content (AvgIpc) is 2.87. The topological polar surface area (TPSA) is 71.5 Å². The number of anilines is 1. The lowest BCUT2D eigenvalue weighted by Crippen LogP contribution is -2.02. The third kappa shape index (κ3) is 3.45. The van der Waals surface area contributed by atoms with E-state index in [0.717, 1.165) is 27.2 Å². The normalized spacial score (nSPS) is 10.2. The van der Waals surface area contributed by atoms with Crippen molar-refractivity contribution in [2.45, 2.75) is 6.54 Å². The summed E-state index contributed by atoms with van der Waals surface area (Å²) in [5.41, 5.74) is 1.56. The van der Waals surface area contributed by atoms with Gasteiger partial charge in [-0.2, -0.15) is 0 Å². The lowest BCUT2D eigenvalue weighted by atomic mass is 10.3. The molecular formula is C12H11BrN2O3S. The Balaban J connectivity index is 2.07. The molecule has 19 heavy (non-hydrogen) atoms. The summed E-state index contributed by atoms with van der Waals surface area (Å²) in [6, 6.07) is 5.58. The number of ether oxygens (including phenoxy) is 1. The highest BCUT2D eigenvalue weighted by Gasteiger charge is 2.09. The molecule has 0 unspecified atom stereocenters. The van der Waals surface area contributed by atoms with E-state index in [1.165, 1.54) is 0 Å². The molecule has 1 aromatic carbocycles. The van der Waals surface area contributed by atoms with Gasteiger partial charge in [-0.15, -0.1) is 11.3 Å². The number of carboxylic acids is 1. The molecule has 0 aliphatic carbocycles. The van der Waals surface area contributed by atoms with Gasteiger partial charge in [0.05, 0.1) is 25.0 Å². The van der Waals surface area contributed by atoms with Crippen LogP contribution in [0.15, 0.2) is 28.1 Å². The zero-order valence-electron chi connectivity index (χ0n) is 10.0. The third-order valence-corrected chi connectivity index (χ3v) is 3.94. The number of rotatable bonds is 5. The maximum Gasteiger partial charge on any atom is 0.365 e. The minimum Gasteiger partial charge on any atom is -0.497 e. The van der Waals surface area contributed by atoms with Gasteiger partial charge in [0.1, 0.15) is 5.75 Å². The largest absolute Gasteiger partial charge is 0.497 e. The second kappa shape index (κ2) is 6.03. The number of nitrogens with zero attached hydrogens (tertiary/aromatic N) is 1. The third-order valence-electron chi connectivity index (χ3n) is 2.37. The van der Waals surface area contributed by atoms with E-state index < -0.39 is 5.97 Å². The Bertz CT molecular complexity index is 600. The minimum atomic E-state index is -1.00. The maximum absolute atomic E-state index is 10.7. The molecular weight excluding hydrogens is 332 g/mol. The molecule has 0 atom stereocenters. The summed E-state index contributed by atoms with van der Waals surface area (Å²) in [6.07, 6.45) is 0. The van der Waals surface area contributed by atoms with Crippen molar-refractivity contribution in [1.82, 2.24) is 4.98 Å². The molecule has 2 N–H and O–H groups in total. The molecule has 2 aromatic rings. The van der Waals surface area contributed by atoms with Crippen LogP contribution < -0.4 is 10.1 Å². The van der Waals surface area contributed by atoms with Crippen LogP contribution in [0.25, 0.3) is 0 Å². The lowest BCUT2D eigenvalue weighted by molar-refractivity contribution is 0.0696. The fourth-order valence-electron chi connectivity index (χ4n) is 1.44. The minimum absolute atomic E-state index is 0.0986. The first-order valence-electron chi connectivity index (χ1n) is 5.35. The molecule has 0 amide bonds. The summed E-state index contributed by atoms with van der Waals surface area (Å²) in [4.78, 5) is 14.7. The van der Waals surface area contributed by atoms with E-state index in [2.05, 4.69) is 26.2 Å². The Kier molecular flexibility index (Phi) is 4.39. The first kappa shape index (κ1) is 13.8. The van der Waals surface area contributed by atoms with Crippen molar-refractivity contribution in [1.29, 1.82) is 0 Å². The van der Waals surface area contributed by atoms with Gasteiger partial charge in [0.2, 0.25) is 5.01 Å². The Morgan fingerprint density at radius 3 is 3.00 bits per heavy atom. The van der Waals surface area contributed by atoms with Crippen molar-refractivity contribution in [2.75, 3.05) is 12.4 Å². The second-order valence-corrected chi connectivity index (χ2v) is 5.36. The van der Waals surface area contributed by atoms with E-state index >= 15 is 0 Å². The first-order valence-corrected chi connectivity index (χ1v) is 7.02. The molecule has 0 spiro atoms. The molecule has 0 saturated heterocycles. The van der Waals surface area contributed by atoms with Gasteiger partial charge >= 0.3 is 5.97 Å². The van der Waals surface area contributed by atoms with Gasteiger partial charge in [0, 0.05) is 15.9 Å². The van der Waals surface area contributed by atoms with Crippen LogP contribution in [0.5, 0.6) is 5.75 Å². The van der Waals surface area contributed by atoms with Crippen LogP contribution in [0.4, 0.5) is 5.69 Å². The number of hydrogen-bond acceptors (Lipinski definition) is 5. The molecule has 1 heterocycles. The van der Waals surface area contributed by atoms with Crippen molar-refractivity contribution in [3.63, 3.8) is 0 Å². The number of thiazole rings is 1. The highest BCUT2D eigenvalue weighted by Crippen LogP contribution is 2.27. The number of hydrogen-bond donors (Lipinski definition) is 2. The molecule has 1 aromatic heterocycles. The van der Waals surface area contributed by atoms with Gasteiger partial charge in [-0.1, -0.05) is 0 Å². The van der Waals surface area contributed by atoms with Crippen LogP contribution in [0.1, 0.15) is 15.5 Å². The van der Waals surface area contributed by atoms with Gasteiger partial charge in [0.15, 0.2) is 0 Å². The standard InChI is InChI=1S/C12H11BrN2O3S/c1-18-8-2-3-9(13)10(4-8)14-5-7-6-19-11(15-7)12(16)17/h2-4,6,14H,5H2,1H3,(H,16,17). The molecule has 5 nitrogen and oxygen atoms in total. The number of halogens is 1. The fraction of sp³-hybridized carbons (Fsp3) is 0.167. The van der Waals surface area contributed by atoms with Gasteiger partial charge < -0.3 is 15.2 Å². The van der Waals surface area contributed by atoms with Crippen LogP contribution in [0.2, 0.25) is 0 Å². The van der Waals surface area contributed by atoms with Gasteiger partial charge in [-0.3, -0.25) is 0 Å². The molecule has 2 rings (SSSR count). The van der Waals surface area contributed by atoms with E-state index in [1.807, 2.05) is 18.2 Å². The predicted octanol–water partition coefficient (Wildman–Crippen LogP) is 3.22. The van der Waals surface area contributed by atoms with Crippen LogP contribution in [-0.4, -0.2) is 23.2 Å². The zero-order valence-corrected chi connectivity index (χ0v) is 12.4. The van der Waals surface area contributed by atoms with Gasteiger partial charge in [-0.25, -0.2) is 9.78 Å². The average molecular weight is 343 g/mol. The molecule has 7 heteroatoms. The molecule has 0 fully saturated rings. The smallest absolute Gasteiger partial charge is 0.365 e. The van der Waals surface area contributed by atoms with Crippen molar-refractivity contribution >= 4 is 38.9 Å². The summed E-state index contributed by atoms with van der Waals surface area (Å²) < 4.78 is 6.05. The Hall–Kier alpha value is -1.60. The molecule has 0 aliphatic heterocycles. The number of nitrogens with one attached hydrogen (secondary N) is 1. The maximum atomic E-state index is 10.7. The van der Waals surface area contributed by atoms with Gasteiger partial charge in [0.25, 0.3) is 0 Å². The summed E-state index contributed by atoms with van der Waals surface area (Å²) in [5.74, 6) is -0.256. The summed E-state index contributed by atoms with van der Waals surface area (Å²) in [7, 11) is 1.60. The molecule has 100 valence electrons. The zero-order chi connectivity index (χ0) is 13.8. The number of aromatic carboxylic acids is 1. The van der Waals surface area contributed by atoms with Crippen LogP contribution in [-0.2, 0) is 6.54 Å². The predicted molar refractivity (Wildman–Crippen MR) is 77.1 cm³/mol. The van der Waals surface area contributed by atoms with E-state index in [4.69, 9.17) is 9.84 Å². The Morgan fingerprint density at radius 1 is 1.58 bits per heavy atom. The van der Waals surface area contributed by atoms with Crippen molar-refractivity contribution in [3.05, 3.63) is 38.8 Å². The van der Waals surface area contributed by atoms with Crippen molar-refractivity contribution in [2.24, 2.45) is 0 Å². The Morgan fingerprint density at radius 2 is 2.37 bits per heavy atom. The van der Waals surface area contributed by atoms with E-state index in [-0.39, 0.29) is 5.01 Å². The number of carboxylic acid groups (broad SMARTS) is 1. The number of benzene rings is 1. The quantitative estimate of drug-likeness (QED) is 0.872. The van der Waals surface area contributed by atoms with Crippen LogP contribution >= 0.6 is 27.3 Å². The van der Waals surface area contributed by atoms with Gasteiger partial charge in [-0.05, 0) is 28.1 Å². The monoisotopic (exact) mass is 342 g/mol. The van der Waals surface area contributed by atoms with Crippen molar-refractivity contribution < 1.29 is 14.6 Å². The highest BCUT2D eigenvalue weighted by molar-refractivity contribution is 9.10. The van der Waals surface area contributed by atoms with Crippen molar-refractivity contribution in [3.8, 4) is 5.75 Å². The van der Waals surface area contributed by atoms with Crippen LogP contribution in [0, 0.1) is 0 Å². The summed E-state index contributed by atoms with van der Waals surface area (Å²) in [5, 5.41) is 13.8. The number of carbonyl (C=O) groups is 1. The van der Waals surface area contributed by atoms with E-state index in [9.17, 15) is 4.79 Å². The molecule has 0 aliphatic rings. The number of methoxy groups -OCH3 is 1. The fourth-order valence-corrected chi connectivity index (χ4v) is 2.48. The highest BCUT2D eigenvalue weighted by atomic mass is 79.9. The SMILES string of the molecule is COc1ccc(Br)c(NCc2csc(C(=O)O)n2)c1. The lowest BCUT2D eigenvalue weighted by Gasteiger charge is -2.09. The van der Waals surface area contributed by atoms with E-state index in [0.29, 0.717) is 12.2 Å². The molecule has 0 saturated carbocycles.